The van der Waals surface area contributed by atoms with Gasteiger partial charge in [0.2, 0.25) is 0 Å². The van der Waals surface area contributed by atoms with Crippen LogP contribution < -0.4 is 10.6 Å². The molecule has 4 N–H and O–H groups in total. The van der Waals surface area contributed by atoms with Gasteiger partial charge in [0.25, 0.3) is 5.91 Å². The number of amides is 1. The first-order valence-electron chi connectivity index (χ1n) is 10.8. The molecule has 1 spiro atoms. The van der Waals surface area contributed by atoms with Crippen molar-refractivity contribution >= 4 is 18.3 Å². The first-order valence-corrected chi connectivity index (χ1v) is 10.8. The minimum absolute atomic E-state index is 0. The minimum Gasteiger partial charge on any atom is -0.507 e. The molecule has 0 unspecified atom stereocenters. The lowest BCUT2D eigenvalue weighted by molar-refractivity contribution is -0.197. The minimum atomic E-state index is -0.815. The zero-order chi connectivity index (χ0) is 21.4. The molecule has 170 valence electrons. The fourth-order valence-corrected chi connectivity index (χ4v) is 4.61. The number of carbonyl (C=O) groups excluding carboxylic acids is 1. The second-order valence-corrected chi connectivity index (χ2v) is 9.50. The Bertz CT molecular complexity index is 756. The van der Waals surface area contributed by atoms with Crippen molar-refractivity contribution in [2.45, 2.75) is 83.0 Å². The molecule has 1 aromatic carbocycles. The van der Waals surface area contributed by atoms with Crippen LogP contribution in [0.3, 0.4) is 0 Å². The van der Waals surface area contributed by atoms with Gasteiger partial charge in [-0.3, -0.25) is 4.79 Å². The fraction of sp³-hybridized carbons (Fsp3) is 0.696. The molecule has 0 saturated carbocycles. The van der Waals surface area contributed by atoms with Crippen LogP contribution in [0.25, 0.3) is 0 Å². The van der Waals surface area contributed by atoms with E-state index >= 15 is 0 Å². The molecule has 2 aliphatic heterocycles. The van der Waals surface area contributed by atoms with Gasteiger partial charge in [0, 0.05) is 6.61 Å². The smallest absolute Gasteiger partial charge is 0.255 e. The molecule has 3 rings (SSSR count). The van der Waals surface area contributed by atoms with Crippen molar-refractivity contribution in [3.8, 4) is 5.75 Å². The maximum atomic E-state index is 13.3. The number of aromatic hydroxyl groups is 1. The molecule has 1 amide bonds. The Morgan fingerprint density at radius 1 is 1.17 bits per heavy atom. The number of benzene rings is 1. The lowest BCUT2D eigenvalue weighted by Crippen LogP contribution is -2.69. The Labute approximate surface area is 186 Å². The molecule has 2 aliphatic rings. The van der Waals surface area contributed by atoms with Gasteiger partial charge in [0.1, 0.15) is 11.9 Å². The Balaban J connectivity index is 0.00000320. The molecule has 2 atom stereocenters. The number of nitrogens with one attached hydrogen (secondary N) is 2. The Hall–Kier alpha value is -1.34. The first-order chi connectivity index (χ1) is 13.6. The largest absolute Gasteiger partial charge is 0.507 e. The lowest BCUT2D eigenvalue weighted by Gasteiger charge is -2.52. The maximum Gasteiger partial charge on any atom is 0.255 e. The fourth-order valence-electron chi connectivity index (χ4n) is 4.61. The highest BCUT2D eigenvalue weighted by molar-refractivity contribution is 5.98. The van der Waals surface area contributed by atoms with Crippen LogP contribution in [-0.4, -0.2) is 53.1 Å². The third-order valence-electron chi connectivity index (χ3n) is 6.66. The van der Waals surface area contributed by atoms with Gasteiger partial charge < -0.3 is 25.6 Å². The number of hydrogen-bond acceptors (Lipinski definition) is 5. The topological polar surface area (TPSA) is 90.8 Å². The van der Waals surface area contributed by atoms with Crippen molar-refractivity contribution in [3.63, 3.8) is 0 Å². The van der Waals surface area contributed by atoms with E-state index in [2.05, 4.69) is 24.5 Å². The summed E-state index contributed by atoms with van der Waals surface area (Å²) in [6, 6.07) is 3.76. The van der Waals surface area contributed by atoms with E-state index in [4.69, 9.17) is 4.74 Å². The second kappa shape index (κ2) is 9.43. The summed E-state index contributed by atoms with van der Waals surface area (Å²) in [5.41, 5.74) is 0.624. The monoisotopic (exact) mass is 440 g/mol. The normalized spacial score (nSPS) is 25.9. The first kappa shape index (κ1) is 24.9. The van der Waals surface area contributed by atoms with E-state index in [0.717, 1.165) is 24.2 Å². The van der Waals surface area contributed by atoms with Gasteiger partial charge in [-0.15, -0.1) is 12.4 Å². The second-order valence-electron chi connectivity index (χ2n) is 9.50. The molecule has 0 radical (unpaired) electrons. The molecule has 7 heteroatoms. The zero-order valence-corrected chi connectivity index (χ0v) is 19.6. The van der Waals surface area contributed by atoms with Crippen molar-refractivity contribution in [2.75, 3.05) is 19.7 Å². The number of aliphatic hydroxyl groups is 1. The Morgan fingerprint density at radius 3 is 2.37 bits per heavy atom. The predicted molar refractivity (Wildman–Crippen MR) is 121 cm³/mol. The molecule has 2 fully saturated rings. The summed E-state index contributed by atoms with van der Waals surface area (Å²) in [5.74, 6) is 0.0208. The summed E-state index contributed by atoms with van der Waals surface area (Å²) in [4.78, 5) is 13.3. The molecule has 1 aromatic rings. The predicted octanol–water partition coefficient (Wildman–Crippen LogP) is 3.45. The number of halogens is 1. The highest BCUT2D eigenvalue weighted by atomic mass is 35.5. The van der Waals surface area contributed by atoms with E-state index < -0.39 is 17.2 Å². The summed E-state index contributed by atoms with van der Waals surface area (Å²) < 4.78 is 6.04. The van der Waals surface area contributed by atoms with Crippen LogP contribution >= 0.6 is 12.4 Å². The lowest BCUT2D eigenvalue weighted by atomic mass is 9.73. The van der Waals surface area contributed by atoms with Crippen molar-refractivity contribution in [1.82, 2.24) is 10.6 Å². The number of piperidine rings is 1. The zero-order valence-electron chi connectivity index (χ0n) is 18.7. The Kier molecular flexibility index (Phi) is 7.83. The molecule has 6 nitrogen and oxygen atoms in total. The molecule has 2 heterocycles. The summed E-state index contributed by atoms with van der Waals surface area (Å²) in [6.07, 6.45) is 1.14. The van der Waals surface area contributed by atoms with E-state index in [-0.39, 0.29) is 41.5 Å². The van der Waals surface area contributed by atoms with Gasteiger partial charge in [0.05, 0.1) is 16.7 Å². The average molecular weight is 441 g/mol. The molecule has 30 heavy (non-hydrogen) atoms. The molecule has 0 aromatic heterocycles. The van der Waals surface area contributed by atoms with E-state index in [9.17, 15) is 15.0 Å². The van der Waals surface area contributed by atoms with Crippen LogP contribution in [0.1, 0.15) is 87.2 Å². The van der Waals surface area contributed by atoms with Gasteiger partial charge in [-0.25, -0.2) is 0 Å². The SMILES string of the molecule is CC(C)c1cc(C(=O)N[C@]2(C)CCOC3(CCNCC3)[C@H]2O)c(O)c(C(C)C)c1.Cl. The van der Waals surface area contributed by atoms with Gasteiger partial charge in [-0.2, -0.15) is 0 Å². The van der Waals surface area contributed by atoms with Crippen molar-refractivity contribution in [3.05, 3.63) is 28.8 Å². The van der Waals surface area contributed by atoms with Crippen LogP contribution in [0, 0.1) is 0 Å². The molecule has 0 aliphatic carbocycles. The third kappa shape index (κ3) is 4.62. The maximum absolute atomic E-state index is 13.3. The highest BCUT2D eigenvalue weighted by Crippen LogP contribution is 2.39. The standard InChI is InChI=1S/C23H36N2O4.ClH/c1-14(2)16-12-17(15(3)4)19(26)18(13-16)20(27)25-22(5)8-11-29-23(21(22)28)6-9-24-10-7-23;/h12-15,21,24,26,28H,6-11H2,1-5H3,(H,25,27);1H/t21-,22+;/m0./s1. The van der Waals surface area contributed by atoms with Gasteiger partial charge in [-0.1, -0.05) is 33.8 Å². The highest BCUT2D eigenvalue weighted by Gasteiger charge is 2.53. The van der Waals surface area contributed by atoms with Gasteiger partial charge >= 0.3 is 0 Å². The van der Waals surface area contributed by atoms with Crippen LogP contribution in [0.5, 0.6) is 5.75 Å². The van der Waals surface area contributed by atoms with Crippen LogP contribution in [0.4, 0.5) is 0 Å². The third-order valence-corrected chi connectivity index (χ3v) is 6.66. The molecular formula is C23H37ClN2O4. The van der Waals surface area contributed by atoms with Crippen LogP contribution in [0.15, 0.2) is 12.1 Å². The van der Waals surface area contributed by atoms with Gasteiger partial charge in [0.15, 0.2) is 0 Å². The van der Waals surface area contributed by atoms with Crippen LogP contribution in [0.2, 0.25) is 0 Å². The Morgan fingerprint density at radius 2 is 1.80 bits per heavy atom. The summed E-state index contributed by atoms with van der Waals surface area (Å²) >= 11 is 0. The van der Waals surface area contributed by atoms with Crippen molar-refractivity contribution < 1.29 is 19.7 Å². The van der Waals surface area contributed by atoms with Crippen molar-refractivity contribution in [2.24, 2.45) is 0 Å². The van der Waals surface area contributed by atoms with Gasteiger partial charge in [-0.05, 0) is 68.3 Å². The average Bonchev–Trinajstić information content (AvgIpc) is 2.66. The number of rotatable bonds is 4. The number of phenolic OH excluding ortho intramolecular Hbond substituents is 1. The number of phenols is 1. The van der Waals surface area contributed by atoms with E-state index in [1.165, 1.54) is 0 Å². The number of ether oxygens (including phenoxy) is 1. The van der Waals surface area contributed by atoms with Crippen LogP contribution in [-0.2, 0) is 4.74 Å². The summed E-state index contributed by atoms with van der Waals surface area (Å²) in [5, 5.41) is 28.4. The number of hydrogen-bond donors (Lipinski definition) is 4. The molecular weight excluding hydrogens is 404 g/mol. The number of aliphatic hydroxyl groups excluding tert-OH is 1. The summed E-state index contributed by atoms with van der Waals surface area (Å²) in [6.45, 7) is 12.1. The quantitative estimate of drug-likeness (QED) is 0.575. The molecule has 0 bridgehead atoms. The van der Waals surface area contributed by atoms with E-state index in [1.807, 2.05) is 26.8 Å². The molecule has 2 saturated heterocycles. The van der Waals surface area contributed by atoms with E-state index in [1.54, 1.807) is 6.07 Å². The van der Waals surface area contributed by atoms with E-state index in [0.29, 0.717) is 25.9 Å². The van der Waals surface area contributed by atoms with Crippen molar-refractivity contribution in [1.29, 1.82) is 0 Å². The number of carbonyl (C=O) groups is 1. The summed E-state index contributed by atoms with van der Waals surface area (Å²) in [7, 11) is 0.